The number of hydrogen-bond acceptors (Lipinski definition) is 8. The Labute approximate surface area is 194 Å². The maximum atomic E-state index is 13.5. The van der Waals surface area contributed by atoms with Crippen LogP contribution in [0.3, 0.4) is 0 Å². The van der Waals surface area contributed by atoms with Gasteiger partial charge in [-0.2, -0.15) is 0 Å². The van der Waals surface area contributed by atoms with Crippen molar-refractivity contribution in [2.75, 3.05) is 11.5 Å². The van der Waals surface area contributed by atoms with Crippen molar-refractivity contribution in [3.8, 4) is 0 Å². The second kappa shape index (κ2) is 9.10. The van der Waals surface area contributed by atoms with Gasteiger partial charge in [0.1, 0.15) is 18.7 Å². The number of hydrogen-bond donors (Lipinski definition) is 2. The Morgan fingerprint density at radius 1 is 0.971 bits per heavy atom. The lowest BCUT2D eigenvalue weighted by molar-refractivity contribution is -0.0432. The van der Waals surface area contributed by atoms with Crippen LogP contribution in [0.1, 0.15) is 33.4 Å². The van der Waals surface area contributed by atoms with Gasteiger partial charge in [-0.25, -0.2) is 19.9 Å². The molecule has 0 spiro atoms. The normalized spacial score (nSPS) is 19.9. The Balaban J connectivity index is 1.61. The summed E-state index contributed by atoms with van der Waals surface area (Å²) in [5.41, 5.74) is 1.17. The predicted molar refractivity (Wildman–Crippen MR) is 121 cm³/mol. The number of benzene rings is 2. The highest BCUT2D eigenvalue weighted by molar-refractivity contribution is 6.27. The van der Waals surface area contributed by atoms with Crippen molar-refractivity contribution >= 4 is 28.8 Å². The summed E-state index contributed by atoms with van der Waals surface area (Å²) in [6.07, 6.45) is 0.741. The van der Waals surface area contributed by atoms with E-state index in [0.29, 0.717) is 16.8 Å². The average molecular weight is 459 g/mol. The van der Waals surface area contributed by atoms with Gasteiger partial charge in [-0.05, 0) is 24.3 Å². The molecule has 2 amide bonds. The minimum Gasteiger partial charge on any atom is -0.394 e. The summed E-state index contributed by atoms with van der Waals surface area (Å²) in [6.45, 7) is -0.324. The topological polar surface area (TPSA) is 131 Å². The summed E-state index contributed by atoms with van der Waals surface area (Å²) < 4.78 is 7.32. The van der Waals surface area contributed by atoms with Crippen LogP contribution in [-0.4, -0.2) is 60.4 Å². The molecule has 1 fully saturated rings. The van der Waals surface area contributed by atoms with Crippen molar-refractivity contribution < 1.29 is 24.5 Å². The number of aliphatic hydroxyl groups excluding tert-OH is 2. The summed E-state index contributed by atoms with van der Waals surface area (Å²) in [4.78, 5) is 40.9. The summed E-state index contributed by atoms with van der Waals surface area (Å²) in [5, 5.41) is 19.5. The molecule has 3 heterocycles. The molecule has 1 saturated heterocycles. The van der Waals surface area contributed by atoms with Gasteiger partial charge in [0.25, 0.3) is 11.8 Å². The number of nitrogens with zero attached hydrogens (tertiary/aromatic N) is 5. The molecular weight excluding hydrogens is 438 g/mol. The van der Waals surface area contributed by atoms with Gasteiger partial charge in [0.2, 0.25) is 0 Å². The van der Waals surface area contributed by atoms with Gasteiger partial charge >= 0.3 is 0 Å². The summed E-state index contributed by atoms with van der Waals surface area (Å²) in [7, 11) is 0. The lowest BCUT2D eigenvalue weighted by Gasteiger charge is -2.20. The third-order valence-corrected chi connectivity index (χ3v) is 5.69. The maximum Gasteiger partial charge on any atom is 0.266 e. The van der Waals surface area contributed by atoms with E-state index in [1.165, 1.54) is 12.7 Å². The van der Waals surface area contributed by atoms with E-state index in [1.54, 1.807) is 65.2 Å². The number of aromatic nitrogens is 4. The first-order valence-corrected chi connectivity index (χ1v) is 10.7. The number of amides is 2. The first-order valence-electron chi connectivity index (χ1n) is 10.7. The maximum absolute atomic E-state index is 13.5. The molecule has 10 heteroatoms. The highest BCUT2D eigenvalue weighted by Gasteiger charge is 2.36. The van der Waals surface area contributed by atoms with Gasteiger partial charge in [0.05, 0.1) is 19.0 Å². The quantitative estimate of drug-likeness (QED) is 0.433. The van der Waals surface area contributed by atoms with Gasteiger partial charge in [0.15, 0.2) is 17.0 Å². The van der Waals surface area contributed by atoms with Crippen LogP contribution in [0.5, 0.6) is 0 Å². The van der Waals surface area contributed by atoms with Crippen molar-refractivity contribution in [3.63, 3.8) is 0 Å². The van der Waals surface area contributed by atoms with Crippen molar-refractivity contribution in [2.24, 2.45) is 0 Å². The highest BCUT2D eigenvalue weighted by atomic mass is 16.5. The van der Waals surface area contributed by atoms with Gasteiger partial charge in [-0.15, -0.1) is 0 Å². The first-order chi connectivity index (χ1) is 16.6. The molecule has 1 aliphatic rings. The molecule has 0 radical (unpaired) electrons. The fourth-order valence-electron chi connectivity index (χ4n) is 3.97. The molecule has 34 heavy (non-hydrogen) atoms. The van der Waals surface area contributed by atoms with Crippen LogP contribution in [0.25, 0.3) is 11.2 Å². The zero-order valence-corrected chi connectivity index (χ0v) is 17.9. The smallest absolute Gasteiger partial charge is 0.266 e. The standard InChI is InChI=1S/C24H21N5O5/c30-12-18-17(31)11-19(34-18)28-14-27-20-21(28)25-13-26-22(20)29(23(32)15-7-3-1-4-8-15)24(33)16-9-5-2-6-10-16/h1-10,13-14,17-19,30-31H,11-12H2. The van der Waals surface area contributed by atoms with Crippen molar-refractivity contribution in [1.29, 1.82) is 0 Å². The monoisotopic (exact) mass is 459 g/mol. The molecule has 0 bridgehead atoms. The molecule has 5 rings (SSSR count). The Bertz CT molecular complexity index is 1280. The van der Waals surface area contributed by atoms with E-state index in [2.05, 4.69) is 15.0 Å². The van der Waals surface area contributed by atoms with E-state index in [-0.39, 0.29) is 24.4 Å². The molecule has 3 unspecified atom stereocenters. The number of ether oxygens (including phenoxy) is 1. The van der Waals surface area contributed by atoms with Crippen LogP contribution < -0.4 is 4.90 Å². The van der Waals surface area contributed by atoms with E-state index in [0.717, 1.165) is 4.90 Å². The Morgan fingerprint density at radius 2 is 1.59 bits per heavy atom. The summed E-state index contributed by atoms with van der Waals surface area (Å²) >= 11 is 0. The molecule has 2 aromatic heterocycles. The van der Waals surface area contributed by atoms with Gasteiger partial charge < -0.3 is 14.9 Å². The molecule has 2 aromatic carbocycles. The highest BCUT2D eigenvalue weighted by Crippen LogP contribution is 2.32. The van der Waals surface area contributed by atoms with Gasteiger partial charge in [0, 0.05) is 17.5 Å². The lowest BCUT2D eigenvalue weighted by atomic mass is 10.1. The van der Waals surface area contributed by atoms with Crippen LogP contribution in [-0.2, 0) is 4.74 Å². The van der Waals surface area contributed by atoms with Crippen LogP contribution in [0, 0.1) is 0 Å². The minimum absolute atomic E-state index is 0.0312. The number of imide groups is 1. The molecule has 3 atom stereocenters. The van der Waals surface area contributed by atoms with E-state index in [9.17, 15) is 19.8 Å². The number of anilines is 1. The molecule has 2 N–H and O–H groups in total. The fraction of sp³-hybridized carbons (Fsp3) is 0.208. The molecule has 172 valence electrons. The number of fused-ring (bicyclic) bond motifs is 1. The second-order valence-corrected chi connectivity index (χ2v) is 7.81. The molecule has 4 aromatic rings. The summed E-state index contributed by atoms with van der Waals surface area (Å²) in [6, 6.07) is 16.9. The Kier molecular flexibility index (Phi) is 5.84. The summed E-state index contributed by atoms with van der Waals surface area (Å²) in [5.74, 6) is -1.09. The van der Waals surface area contributed by atoms with Crippen LogP contribution in [0.15, 0.2) is 73.3 Å². The third kappa shape index (κ3) is 3.83. The number of carbonyl (C=O) groups excluding carboxylic acids is 2. The minimum atomic E-state index is -0.843. The van der Waals surface area contributed by atoms with Crippen molar-refractivity contribution in [3.05, 3.63) is 84.4 Å². The van der Waals surface area contributed by atoms with E-state index >= 15 is 0 Å². The predicted octanol–water partition coefficient (Wildman–Crippen LogP) is 1.95. The van der Waals surface area contributed by atoms with Gasteiger partial charge in [-0.3, -0.25) is 14.2 Å². The Morgan fingerprint density at radius 3 is 2.15 bits per heavy atom. The molecule has 10 nitrogen and oxygen atoms in total. The van der Waals surface area contributed by atoms with E-state index < -0.39 is 30.3 Å². The van der Waals surface area contributed by atoms with E-state index in [1.807, 2.05) is 0 Å². The zero-order chi connectivity index (χ0) is 23.7. The average Bonchev–Trinajstić information content (AvgIpc) is 3.48. The number of rotatable bonds is 5. The lowest BCUT2D eigenvalue weighted by Crippen LogP contribution is -2.38. The SMILES string of the molecule is O=C(c1ccccc1)N(C(=O)c1ccccc1)c1ncnc2c1ncn2C1CC(O)C(CO)O1. The Hall–Kier alpha value is -3.99. The molecular formula is C24H21N5O5. The number of carbonyl (C=O) groups is 2. The van der Waals surface area contributed by atoms with Crippen LogP contribution in [0.4, 0.5) is 5.82 Å². The van der Waals surface area contributed by atoms with Crippen molar-refractivity contribution in [1.82, 2.24) is 19.5 Å². The molecule has 1 aliphatic heterocycles. The van der Waals surface area contributed by atoms with Crippen LogP contribution in [0.2, 0.25) is 0 Å². The largest absolute Gasteiger partial charge is 0.394 e. The fourth-order valence-corrected chi connectivity index (χ4v) is 3.97. The first kappa shape index (κ1) is 21.8. The molecule has 0 saturated carbocycles. The number of aliphatic hydroxyl groups is 2. The van der Waals surface area contributed by atoms with E-state index in [4.69, 9.17) is 4.74 Å². The molecule has 0 aliphatic carbocycles. The van der Waals surface area contributed by atoms with Crippen molar-refractivity contribution in [2.45, 2.75) is 24.9 Å². The van der Waals surface area contributed by atoms with Gasteiger partial charge in [-0.1, -0.05) is 36.4 Å². The zero-order valence-electron chi connectivity index (χ0n) is 17.9. The third-order valence-electron chi connectivity index (χ3n) is 5.69. The second-order valence-electron chi connectivity index (χ2n) is 7.81. The van der Waals surface area contributed by atoms with Crippen LogP contribution >= 0.6 is 0 Å². The number of imidazole rings is 1.